The first-order valence-corrected chi connectivity index (χ1v) is 10.4. The fraction of sp³-hybridized carbons (Fsp3) is 0.455. The molecule has 2 aromatic heterocycles. The van der Waals surface area contributed by atoms with E-state index in [1.807, 2.05) is 43.0 Å². The van der Waals surface area contributed by atoms with Crippen molar-refractivity contribution in [3.05, 3.63) is 59.2 Å². The van der Waals surface area contributed by atoms with Gasteiger partial charge in [-0.1, -0.05) is 12.1 Å². The Morgan fingerprint density at radius 3 is 2.13 bits per heavy atom. The number of carbonyl (C=O) groups is 1. The second kappa shape index (κ2) is 9.77. The van der Waals surface area contributed by atoms with Crippen molar-refractivity contribution in [3.8, 4) is 0 Å². The molecule has 1 amide bonds. The Morgan fingerprint density at radius 1 is 1.07 bits per heavy atom. The smallest absolute Gasteiger partial charge is 0.223 e. The van der Waals surface area contributed by atoms with E-state index in [1.54, 1.807) is 12.4 Å². The first kappa shape index (κ1) is 21.9. The number of nitrogens with one attached hydrogen (secondary N) is 4. The number of nitrogens with zero attached hydrogens (tertiary/aromatic N) is 3. The molecule has 2 aromatic rings. The van der Waals surface area contributed by atoms with E-state index in [1.165, 1.54) is 6.92 Å². The molecule has 0 unspecified atom stereocenters. The number of amides is 1. The van der Waals surface area contributed by atoms with Crippen LogP contribution in [0.25, 0.3) is 0 Å². The summed E-state index contributed by atoms with van der Waals surface area (Å²) in [6.07, 6.45) is 6.33. The summed E-state index contributed by atoms with van der Waals surface area (Å²) in [5.41, 5.74) is 4.15. The molecule has 0 saturated carbocycles. The summed E-state index contributed by atoms with van der Waals surface area (Å²) >= 11 is 0. The lowest BCUT2D eigenvalue weighted by atomic mass is 10.0. The zero-order valence-corrected chi connectivity index (χ0v) is 18.0. The standard InChI is InChI=1S/C22H31N7O/c1-16-8-6-11-24-19(16)14-26-22(27-15-20-17(2)9-7-12-25-20)10-4-5-13-29(22)21(23)28-18(3)30/h6-9,11-12,26-27H,4-5,10,13-15H2,1-3H3,(H2,23,28,30). The Balaban J connectivity index is 1.87. The third kappa shape index (κ3) is 5.20. The van der Waals surface area contributed by atoms with Crippen molar-refractivity contribution >= 4 is 11.9 Å². The van der Waals surface area contributed by atoms with Gasteiger partial charge in [-0.15, -0.1) is 0 Å². The lowest BCUT2D eigenvalue weighted by Crippen LogP contribution is -2.71. The molecule has 8 heteroatoms. The second-order valence-electron chi connectivity index (χ2n) is 7.74. The Hall–Kier alpha value is -2.84. The zero-order valence-electron chi connectivity index (χ0n) is 18.0. The summed E-state index contributed by atoms with van der Waals surface area (Å²) in [7, 11) is 0. The lowest BCUT2D eigenvalue weighted by molar-refractivity contribution is -0.118. The first-order chi connectivity index (χ1) is 14.4. The minimum Gasteiger partial charge on any atom is -0.312 e. The van der Waals surface area contributed by atoms with Crippen LogP contribution >= 0.6 is 0 Å². The largest absolute Gasteiger partial charge is 0.312 e. The van der Waals surface area contributed by atoms with Gasteiger partial charge in [-0.25, -0.2) is 0 Å². The fourth-order valence-electron chi connectivity index (χ4n) is 3.81. The number of guanidine groups is 1. The Bertz CT molecular complexity index is 849. The quantitative estimate of drug-likeness (QED) is 0.331. The molecule has 1 aliphatic heterocycles. The highest BCUT2D eigenvalue weighted by Gasteiger charge is 2.40. The number of hydrogen-bond acceptors (Lipinski definition) is 6. The van der Waals surface area contributed by atoms with E-state index in [0.717, 1.165) is 41.8 Å². The van der Waals surface area contributed by atoms with Crippen LogP contribution in [-0.2, 0) is 17.9 Å². The predicted octanol–water partition coefficient (Wildman–Crippen LogP) is 2.18. The van der Waals surface area contributed by atoms with Gasteiger partial charge < -0.3 is 4.90 Å². The average molecular weight is 410 g/mol. The van der Waals surface area contributed by atoms with Crippen molar-refractivity contribution in [2.45, 2.75) is 58.9 Å². The van der Waals surface area contributed by atoms with Crippen molar-refractivity contribution in [2.24, 2.45) is 0 Å². The molecule has 160 valence electrons. The maximum absolute atomic E-state index is 11.6. The SMILES string of the molecule is CC(=O)NC(=N)N1CCCCC1(NCc1ncccc1C)NCc1ncccc1C. The molecule has 0 bridgehead atoms. The van der Waals surface area contributed by atoms with Crippen LogP contribution in [0.3, 0.4) is 0 Å². The van der Waals surface area contributed by atoms with Crippen molar-refractivity contribution in [3.63, 3.8) is 0 Å². The number of aromatic nitrogens is 2. The number of hydrogen-bond donors (Lipinski definition) is 4. The summed E-state index contributed by atoms with van der Waals surface area (Å²) in [4.78, 5) is 22.5. The van der Waals surface area contributed by atoms with Crippen molar-refractivity contribution < 1.29 is 4.79 Å². The number of pyridine rings is 2. The van der Waals surface area contributed by atoms with Gasteiger partial charge in [0.1, 0.15) is 5.79 Å². The van der Waals surface area contributed by atoms with Crippen molar-refractivity contribution in [1.29, 1.82) is 5.41 Å². The van der Waals surface area contributed by atoms with E-state index in [-0.39, 0.29) is 11.9 Å². The molecule has 0 aromatic carbocycles. The van der Waals surface area contributed by atoms with Crippen LogP contribution in [0.2, 0.25) is 0 Å². The van der Waals surface area contributed by atoms with E-state index >= 15 is 0 Å². The van der Waals surface area contributed by atoms with Gasteiger partial charge in [0.25, 0.3) is 0 Å². The number of carbonyl (C=O) groups excluding carboxylic acids is 1. The van der Waals surface area contributed by atoms with E-state index in [4.69, 9.17) is 5.41 Å². The highest BCUT2D eigenvalue weighted by Crippen LogP contribution is 2.25. The topological polar surface area (TPSA) is 106 Å². The van der Waals surface area contributed by atoms with Gasteiger partial charge in [-0.2, -0.15) is 0 Å². The molecule has 30 heavy (non-hydrogen) atoms. The molecular formula is C22H31N7O. The summed E-state index contributed by atoms with van der Waals surface area (Å²) in [6, 6.07) is 7.94. The minimum absolute atomic E-state index is 0.0951. The molecule has 1 saturated heterocycles. The molecule has 1 fully saturated rings. The summed E-state index contributed by atoms with van der Waals surface area (Å²) in [6.45, 7) is 7.27. The van der Waals surface area contributed by atoms with Gasteiger partial charge in [0.2, 0.25) is 5.91 Å². The summed E-state index contributed by atoms with van der Waals surface area (Å²) in [5, 5.41) is 18.4. The van der Waals surface area contributed by atoms with Gasteiger partial charge >= 0.3 is 0 Å². The molecule has 3 rings (SSSR count). The third-order valence-electron chi connectivity index (χ3n) is 5.53. The molecule has 4 N–H and O–H groups in total. The zero-order chi connectivity index (χ0) is 21.6. The molecule has 8 nitrogen and oxygen atoms in total. The third-order valence-corrected chi connectivity index (χ3v) is 5.53. The maximum atomic E-state index is 11.6. The van der Waals surface area contributed by atoms with Crippen molar-refractivity contribution in [2.75, 3.05) is 6.54 Å². The van der Waals surface area contributed by atoms with Crippen LogP contribution < -0.4 is 16.0 Å². The molecule has 0 atom stereocenters. The van der Waals surface area contributed by atoms with Gasteiger partial charge in [-0.3, -0.25) is 36.1 Å². The highest BCUT2D eigenvalue weighted by atomic mass is 16.1. The van der Waals surface area contributed by atoms with Crippen LogP contribution in [0.15, 0.2) is 36.7 Å². The molecule has 3 heterocycles. The number of likely N-dealkylation sites (tertiary alicyclic amines) is 1. The van der Waals surface area contributed by atoms with Gasteiger partial charge in [0, 0.05) is 39.0 Å². The Morgan fingerprint density at radius 2 is 1.63 bits per heavy atom. The molecular weight excluding hydrogens is 378 g/mol. The summed E-state index contributed by atoms with van der Waals surface area (Å²) in [5.74, 6) is -0.843. The second-order valence-corrected chi connectivity index (χ2v) is 7.74. The van der Waals surface area contributed by atoms with Crippen LogP contribution in [-0.4, -0.2) is 39.1 Å². The monoisotopic (exact) mass is 409 g/mol. The van der Waals surface area contributed by atoms with Crippen molar-refractivity contribution in [1.82, 2.24) is 30.8 Å². The molecule has 0 aliphatic carbocycles. The highest BCUT2D eigenvalue weighted by molar-refractivity contribution is 5.94. The van der Waals surface area contributed by atoms with Crippen LogP contribution in [0.4, 0.5) is 0 Å². The molecule has 0 spiro atoms. The van der Waals surface area contributed by atoms with E-state index in [0.29, 0.717) is 19.6 Å². The minimum atomic E-state index is -0.689. The number of piperidine rings is 1. The van der Waals surface area contributed by atoms with E-state index < -0.39 is 5.79 Å². The number of rotatable bonds is 6. The molecule has 0 radical (unpaired) electrons. The first-order valence-electron chi connectivity index (χ1n) is 10.4. The molecule has 1 aliphatic rings. The lowest BCUT2D eigenvalue weighted by Gasteiger charge is -2.49. The predicted molar refractivity (Wildman–Crippen MR) is 116 cm³/mol. The van der Waals surface area contributed by atoms with E-state index in [9.17, 15) is 4.79 Å². The number of aryl methyl sites for hydroxylation is 2. The van der Waals surface area contributed by atoms with Gasteiger partial charge in [0.15, 0.2) is 5.96 Å². The van der Waals surface area contributed by atoms with Crippen LogP contribution in [0.1, 0.15) is 48.7 Å². The summed E-state index contributed by atoms with van der Waals surface area (Å²) < 4.78 is 0. The average Bonchev–Trinajstić information content (AvgIpc) is 2.72. The Kier molecular flexibility index (Phi) is 7.12. The maximum Gasteiger partial charge on any atom is 0.223 e. The van der Waals surface area contributed by atoms with Gasteiger partial charge in [0.05, 0.1) is 11.4 Å². The Labute approximate surface area is 178 Å². The normalized spacial score (nSPS) is 15.6. The van der Waals surface area contributed by atoms with E-state index in [2.05, 4.69) is 25.9 Å². The van der Waals surface area contributed by atoms with Gasteiger partial charge in [-0.05, 0) is 56.4 Å². The van der Waals surface area contributed by atoms with Crippen LogP contribution in [0.5, 0.6) is 0 Å². The van der Waals surface area contributed by atoms with Crippen LogP contribution in [0, 0.1) is 19.3 Å². The fourth-order valence-corrected chi connectivity index (χ4v) is 3.81.